The Morgan fingerprint density at radius 1 is 0.474 bits per heavy atom. The second-order valence-electron chi connectivity index (χ2n) is 10.8. The summed E-state index contributed by atoms with van der Waals surface area (Å²) < 4.78 is 0. The molecule has 0 amide bonds. The van der Waals surface area contributed by atoms with Crippen molar-refractivity contribution in [3.8, 4) is 23.0 Å². The van der Waals surface area contributed by atoms with Crippen LogP contribution in [0, 0.1) is 34.6 Å². The number of hydrogen-bond donors (Lipinski definition) is 4. The molecule has 0 aliphatic carbocycles. The maximum absolute atomic E-state index is 10.3. The van der Waals surface area contributed by atoms with Crippen LogP contribution in [0.5, 0.6) is 23.0 Å². The first-order valence-electron chi connectivity index (χ1n) is 13.2. The van der Waals surface area contributed by atoms with Gasteiger partial charge in [-0.05, 0) is 129 Å². The van der Waals surface area contributed by atoms with Gasteiger partial charge in [0.15, 0.2) is 0 Å². The summed E-state index contributed by atoms with van der Waals surface area (Å²) in [7, 11) is 0. The highest BCUT2D eigenvalue weighted by Gasteiger charge is 2.35. The lowest BCUT2D eigenvalue weighted by Crippen LogP contribution is -2.30. The third-order valence-corrected chi connectivity index (χ3v) is 7.99. The molecule has 38 heavy (non-hydrogen) atoms. The normalized spacial score (nSPS) is 11.6. The largest absolute Gasteiger partial charge is 0.508 e. The maximum Gasteiger partial charge on any atom is 0.121 e. The Kier molecular flexibility index (Phi) is 7.73. The molecule has 0 aromatic heterocycles. The summed E-state index contributed by atoms with van der Waals surface area (Å²) in [5.74, 6) is 1.17. The van der Waals surface area contributed by atoms with E-state index in [4.69, 9.17) is 0 Å². The molecule has 0 fully saturated rings. The Bertz CT molecular complexity index is 1390. The van der Waals surface area contributed by atoms with Gasteiger partial charge in [0.2, 0.25) is 0 Å². The van der Waals surface area contributed by atoms with E-state index in [0.29, 0.717) is 11.5 Å². The summed E-state index contributed by atoms with van der Waals surface area (Å²) in [4.78, 5) is 0. The number of benzene rings is 4. The van der Waals surface area contributed by atoms with E-state index in [1.54, 1.807) is 18.2 Å². The monoisotopic (exact) mass is 510 g/mol. The standard InChI is InChI=1S/C34H38O4/c1-21-16-26(6-9-30(21)35)12-14-34(28-7-10-31(36)22(2)19-28,29-8-11-32(37)23(3)20-29)15-13-27-17-24(4)33(38)25(5)18-27/h6-11,16-20,35-38H,12-15H2,1-5H3. The Balaban J connectivity index is 1.85. The highest BCUT2D eigenvalue weighted by molar-refractivity contribution is 5.49. The van der Waals surface area contributed by atoms with Crippen LogP contribution < -0.4 is 0 Å². The summed E-state index contributed by atoms with van der Waals surface area (Å²) in [6.07, 6.45) is 3.16. The molecule has 0 aliphatic rings. The second kappa shape index (κ2) is 10.8. The quantitative estimate of drug-likeness (QED) is 0.197. The minimum absolute atomic E-state index is 0.267. The lowest BCUT2D eigenvalue weighted by atomic mass is 9.67. The molecule has 0 spiro atoms. The highest BCUT2D eigenvalue weighted by Crippen LogP contribution is 2.44. The molecule has 4 aromatic carbocycles. The molecule has 4 N–H and O–H groups in total. The molecule has 0 unspecified atom stereocenters. The van der Waals surface area contributed by atoms with E-state index in [1.807, 2.05) is 58.9 Å². The fourth-order valence-corrected chi connectivity index (χ4v) is 5.55. The zero-order chi connectivity index (χ0) is 27.6. The minimum atomic E-state index is -0.414. The van der Waals surface area contributed by atoms with Crippen molar-refractivity contribution in [3.05, 3.63) is 117 Å². The molecular formula is C34H38O4. The predicted octanol–water partition coefficient (Wildman–Crippen LogP) is 7.60. The number of aryl methyl sites for hydroxylation is 7. The van der Waals surface area contributed by atoms with E-state index in [1.165, 1.54) is 0 Å². The van der Waals surface area contributed by atoms with E-state index >= 15 is 0 Å². The first kappa shape index (κ1) is 27.1. The van der Waals surface area contributed by atoms with Crippen LogP contribution in [0.25, 0.3) is 0 Å². The van der Waals surface area contributed by atoms with Crippen LogP contribution in [-0.2, 0) is 18.3 Å². The van der Waals surface area contributed by atoms with E-state index in [-0.39, 0.29) is 11.5 Å². The van der Waals surface area contributed by atoms with Crippen LogP contribution in [0.3, 0.4) is 0 Å². The lowest BCUT2D eigenvalue weighted by molar-refractivity contribution is 0.429. The van der Waals surface area contributed by atoms with Crippen molar-refractivity contribution in [1.29, 1.82) is 0 Å². The summed E-state index contributed by atoms with van der Waals surface area (Å²) >= 11 is 0. The Hall–Kier alpha value is -3.92. The van der Waals surface area contributed by atoms with Crippen molar-refractivity contribution < 1.29 is 20.4 Å². The summed E-state index contributed by atoms with van der Waals surface area (Å²) in [5, 5.41) is 41.0. The average molecular weight is 511 g/mol. The minimum Gasteiger partial charge on any atom is -0.508 e. The van der Waals surface area contributed by atoms with Gasteiger partial charge in [-0.3, -0.25) is 0 Å². The van der Waals surface area contributed by atoms with Crippen LogP contribution in [-0.4, -0.2) is 20.4 Å². The van der Waals surface area contributed by atoms with Gasteiger partial charge in [-0.2, -0.15) is 0 Å². The molecule has 0 atom stereocenters. The van der Waals surface area contributed by atoms with Crippen molar-refractivity contribution in [2.75, 3.05) is 0 Å². The third kappa shape index (κ3) is 5.50. The van der Waals surface area contributed by atoms with Gasteiger partial charge in [0.05, 0.1) is 0 Å². The smallest absolute Gasteiger partial charge is 0.121 e. The van der Waals surface area contributed by atoms with Gasteiger partial charge in [0.1, 0.15) is 23.0 Å². The summed E-state index contributed by atoms with van der Waals surface area (Å²) in [6.45, 7) is 9.61. The van der Waals surface area contributed by atoms with Crippen LogP contribution in [0.2, 0.25) is 0 Å². The first-order chi connectivity index (χ1) is 18.0. The number of phenols is 4. The number of aromatic hydroxyl groups is 4. The molecule has 4 heteroatoms. The van der Waals surface area contributed by atoms with Gasteiger partial charge >= 0.3 is 0 Å². The SMILES string of the molecule is Cc1cc(CCC(CCc2cc(C)c(O)c(C)c2)(c2ccc(O)c(C)c2)c2ccc(O)c(C)c2)ccc1O. The average Bonchev–Trinajstić information content (AvgIpc) is 2.88. The van der Waals surface area contributed by atoms with Gasteiger partial charge in [-0.1, -0.05) is 48.5 Å². The number of rotatable bonds is 8. The predicted molar refractivity (Wildman–Crippen MR) is 154 cm³/mol. The van der Waals surface area contributed by atoms with Crippen LogP contribution in [0.15, 0.2) is 66.7 Å². The lowest BCUT2D eigenvalue weighted by Gasteiger charge is -2.37. The second-order valence-corrected chi connectivity index (χ2v) is 10.8. The van der Waals surface area contributed by atoms with Gasteiger partial charge in [0, 0.05) is 5.41 Å². The van der Waals surface area contributed by atoms with Gasteiger partial charge < -0.3 is 20.4 Å². The molecule has 4 rings (SSSR count). The molecule has 0 heterocycles. The summed E-state index contributed by atoms with van der Waals surface area (Å²) in [5.41, 5.74) is 8.34. The zero-order valence-corrected chi connectivity index (χ0v) is 23.0. The number of phenolic OH excluding ortho intramolecular Hbond substituents is 4. The molecule has 198 valence electrons. The third-order valence-electron chi connectivity index (χ3n) is 7.99. The Morgan fingerprint density at radius 2 is 0.868 bits per heavy atom. The summed E-state index contributed by atoms with van der Waals surface area (Å²) in [6, 6.07) is 21.6. The van der Waals surface area contributed by atoms with Crippen molar-refractivity contribution in [1.82, 2.24) is 0 Å². The number of hydrogen-bond acceptors (Lipinski definition) is 4. The van der Waals surface area contributed by atoms with E-state index in [9.17, 15) is 20.4 Å². The fourth-order valence-electron chi connectivity index (χ4n) is 5.55. The Labute approximate surface area is 225 Å². The van der Waals surface area contributed by atoms with Crippen molar-refractivity contribution in [2.45, 2.75) is 65.7 Å². The topological polar surface area (TPSA) is 80.9 Å². The Morgan fingerprint density at radius 3 is 1.32 bits per heavy atom. The molecule has 4 aromatic rings. The molecule has 0 saturated heterocycles. The molecule has 4 nitrogen and oxygen atoms in total. The van der Waals surface area contributed by atoms with Gasteiger partial charge in [-0.15, -0.1) is 0 Å². The molecular weight excluding hydrogens is 472 g/mol. The van der Waals surface area contributed by atoms with E-state index in [0.717, 1.165) is 75.8 Å². The molecule has 0 radical (unpaired) electrons. The zero-order valence-electron chi connectivity index (χ0n) is 23.0. The van der Waals surface area contributed by atoms with Gasteiger partial charge in [0.25, 0.3) is 0 Å². The molecule has 0 bridgehead atoms. The molecule has 0 aliphatic heterocycles. The molecule has 0 saturated carbocycles. The maximum atomic E-state index is 10.3. The van der Waals surface area contributed by atoms with Gasteiger partial charge in [-0.25, -0.2) is 0 Å². The van der Waals surface area contributed by atoms with Crippen LogP contribution in [0.4, 0.5) is 0 Å². The first-order valence-corrected chi connectivity index (χ1v) is 13.2. The van der Waals surface area contributed by atoms with Crippen molar-refractivity contribution in [3.63, 3.8) is 0 Å². The van der Waals surface area contributed by atoms with Crippen molar-refractivity contribution in [2.24, 2.45) is 0 Å². The van der Waals surface area contributed by atoms with E-state index < -0.39 is 5.41 Å². The van der Waals surface area contributed by atoms with E-state index in [2.05, 4.69) is 24.3 Å². The van der Waals surface area contributed by atoms with Crippen LogP contribution >= 0.6 is 0 Å². The highest BCUT2D eigenvalue weighted by atomic mass is 16.3. The fraction of sp³-hybridized carbons (Fsp3) is 0.294. The van der Waals surface area contributed by atoms with Crippen molar-refractivity contribution >= 4 is 0 Å². The van der Waals surface area contributed by atoms with Crippen LogP contribution in [0.1, 0.15) is 62.9 Å².